The highest BCUT2D eigenvalue weighted by atomic mass is 32.2. The fraction of sp³-hybridized carbons (Fsp3) is 0.893. The predicted molar refractivity (Wildman–Crippen MR) is 162 cm³/mol. The lowest BCUT2D eigenvalue weighted by Gasteiger charge is -2.16. The fourth-order valence-electron chi connectivity index (χ4n) is 4.93. The van der Waals surface area contributed by atoms with Crippen LogP contribution in [0, 0.1) is 0 Å². The summed E-state index contributed by atoms with van der Waals surface area (Å²) in [6.45, 7) is 2.87. The maximum Gasteiger partial charge on any atom is 0.315 e. The standard InChI is InChI=1S/C28H52N4O5S2/c33-25(13-8-6-4-2-1-3-5-7-11-21-38)29-15-17-36-19-20-37-18-16-30-26(34)14-10-9-12-24-27-23(22-39-24)31-28(35)32-27/h23-24,27,38H,1-22H2,(H,29,33)(H,30,34)(H2,31,32,35)/t23-,24-,27-/m0/s1. The minimum Gasteiger partial charge on any atom is -0.377 e. The number of thioether (sulfide) groups is 1. The first-order valence-electron chi connectivity index (χ1n) is 15.1. The van der Waals surface area contributed by atoms with Gasteiger partial charge in [-0.1, -0.05) is 51.4 Å². The summed E-state index contributed by atoms with van der Waals surface area (Å²) >= 11 is 6.14. The van der Waals surface area contributed by atoms with Gasteiger partial charge >= 0.3 is 6.03 Å². The Labute approximate surface area is 245 Å². The average Bonchev–Trinajstić information content (AvgIpc) is 3.47. The van der Waals surface area contributed by atoms with Gasteiger partial charge in [0.15, 0.2) is 0 Å². The van der Waals surface area contributed by atoms with E-state index in [0.717, 1.165) is 43.6 Å². The zero-order valence-corrected chi connectivity index (χ0v) is 25.4. The smallest absolute Gasteiger partial charge is 0.315 e. The minimum atomic E-state index is -0.0549. The van der Waals surface area contributed by atoms with Gasteiger partial charge in [-0.25, -0.2) is 4.79 Å². The second-order valence-corrected chi connectivity index (χ2v) is 12.2. The van der Waals surface area contributed by atoms with Crippen LogP contribution in [0.25, 0.3) is 0 Å². The number of hydrogen-bond donors (Lipinski definition) is 5. The number of carbonyl (C=O) groups excluding carboxylic acids is 3. The molecular formula is C28H52N4O5S2. The Bertz CT molecular complexity index is 688. The Morgan fingerprint density at radius 2 is 1.31 bits per heavy atom. The Balaban J connectivity index is 1.26. The van der Waals surface area contributed by atoms with Crippen molar-refractivity contribution in [3.05, 3.63) is 0 Å². The fourth-order valence-corrected chi connectivity index (χ4v) is 6.70. The highest BCUT2D eigenvalue weighted by molar-refractivity contribution is 8.00. The van der Waals surface area contributed by atoms with Crippen LogP contribution in [0.15, 0.2) is 0 Å². The van der Waals surface area contributed by atoms with Gasteiger partial charge in [0.05, 0.1) is 38.5 Å². The molecule has 2 fully saturated rings. The Morgan fingerprint density at radius 1 is 0.769 bits per heavy atom. The zero-order chi connectivity index (χ0) is 28.0. The Hall–Kier alpha value is -1.17. The topological polar surface area (TPSA) is 118 Å². The lowest BCUT2D eigenvalue weighted by atomic mass is 10.0. The summed E-state index contributed by atoms with van der Waals surface area (Å²) in [6.07, 6.45) is 15.0. The van der Waals surface area contributed by atoms with Crippen molar-refractivity contribution in [2.45, 2.75) is 107 Å². The van der Waals surface area contributed by atoms with Crippen LogP contribution in [0.4, 0.5) is 4.79 Å². The van der Waals surface area contributed by atoms with Crippen molar-refractivity contribution in [1.82, 2.24) is 21.3 Å². The molecule has 0 radical (unpaired) electrons. The molecule has 0 bridgehead atoms. The van der Waals surface area contributed by atoms with Gasteiger partial charge in [-0.2, -0.15) is 24.4 Å². The van der Waals surface area contributed by atoms with E-state index in [0.29, 0.717) is 57.6 Å². The highest BCUT2D eigenvalue weighted by Crippen LogP contribution is 2.33. The number of amides is 4. The van der Waals surface area contributed by atoms with Gasteiger partial charge in [-0.05, 0) is 31.4 Å². The van der Waals surface area contributed by atoms with Crippen molar-refractivity contribution in [2.24, 2.45) is 0 Å². The third-order valence-electron chi connectivity index (χ3n) is 7.15. The molecule has 0 spiro atoms. The summed E-state index contributed by atoms with van der Waals surface area (Å²) in [7, 11) is 0. The number of nitrogens with one attached hydrogen (secondary N) is 4. The van der Waals surface area contributed by atoms with Crippen LogP contribution >= 0.6 is 24.4 Å². The summed E-state index contributed by atoms with van der Waals surface area (Å²) in [5.74, 6) is 2.11. The monoisotopic (exact) mass is 588 g/mol. The van der Waals surface area contributed by atoms with Crippen molar-refractivity contribution in [2.75, 3.05) is 51.0 Å². The lowest BCUT2D eigenvalue weighted by Crippen LogP contribution is -2.36. The molecule has 3 atom stereocenters. The van der Waals surface area contributed by atoms with E-state index in [2.05, 4.69) is 33.9 Å². The molecule has 0 aromatic rings. The van der Waals surface area contributed by atoms with E-state index in [4.69, 9.17) is 9.47 Å². The molecule has 11 heteroatoms. The van der Waals surface area contributed by atoms with Crippen LogP contribution < -0.4 is 21.3 Å². The van der Waals surface area contributed by atoms with Crippen LogP contribution in [-0.4, -0.2) is 86.2 Å². The average molecular weight is 589 g/mol. The number of carbonyl (C=O) groups is 3. The number of fused-ring (bicyclic) bond motifs is 1. The normalized spacial score (nSPS) is 19.9. The minimum absolute atomic E-state index is 0.0499. The first-order valence-corrected chi connectivity index (χ1v) is 16.8. The number of urea groups is 1. The van der Waals surface area contributed by atoms with Crippen LogP contribution in [0.2, 0.25) is 0 Å². The third-order valence-corrected chi connectivity index (χ3v) is 8.98. The van der Waals surface area contributed by atoms with Crippen LogP contribution in [0.1, 0.15) is 89.9 Å². The molecule has 0 aromatic heterocycles. The summed E-state index contributed by atoms with van der Waals surface area (Å²) in [5.41, 5.74) is 0. The quantitative estimate of drug-likeness (QED) is 0.0629. The molecule has 0 aliphatic carbocycles. The molecule has 2 aliphatic heterocycles. The zero-order valence-electron chi connectivity index (χ0n) is 23.7. The van der Waals surface area contributed by atoms with Gasteiger partial charge in [0.1, 0.15) is 0 Å². The van der Waals surface area contributed by atoms with Gasteiger partial charge in [0.25, 0.3) is 0 Å². The molecule has 2 rings (SSSR count). The number of unbranched alkanes of at least 4 members (excludes halogenated alkanes) is 9. The molecule has 0 aromatic carbocycles. The van der Waals surface area contributed by atoms with E-state index >= 15 is 0 Å². The van der Waals surface area contributed by atoms with Gasteiger partial charge in [-0.3, -0.25) is 9.59 Å². The molecular weight excluding hydrogens is 536 g/mol. The van der Waals surface area contributed by atoms with E-state index in [-0.39, 0.29) is 29.9 Å². The van der Waals surface area contributed by atoms with Crippen molar-refractivity contribution in [3.8, 4) is 0 Å². The highest BCUT2D eigenvalue weighted by Gasteiger charge is 2.42. The molecule has 2 saturated heterocycles. The molecule has 0 saturated carbocycles. The van der Waals surface area contributed by atoms with Crippen molar-refractivity contribution >= 4 is 42.2 Å². The summed E-state index contributed by atoms with van der Waals surface area (Å²) < 4.78 is 11.0. The molecule has 39 heavy (non-hydrogen) atoms. The second kappa shape index (κ2) is 22.5. The van der Waals surface area contributed by atoms with Crippen molar-refractivity contribution in [1.29, 1.82) is 0 Å². The third kappa shape index (κ3) is 16.6. The molecule has 2 aliphatic rings. The van der Waals surface area contributed by atoms with Gasteiger partial charge < -0.3 is 30.7 Å². The number of thiol groups is 1. The maximum atomic E-state index is 12.0. The summed E-state index contributed by atoms with van der Waals surface area (Å²) in [4.78, 5) is 35.3. The van der Waals surface area contributed by atoms with Crippen LogP contribution in [0.5, 0.6) is 0 Å². The molecule has 9 nitrogen and oxygen atoms in total. The molecule has 4 N–H and O–H groups in total. The second-order valence-electron chi connectivity index (χ2n) is 10.4. The Kier molecular flexibility index (Phi) is 19.6. The van der Waals surface area contributed by atoms with E-state index in [9.17, 15) is 14.4 Å². The van der Waals surface area contributed by atoms with Gasteiger partial charge in [-0.15, -0.1) is 0 Å². The summed E-state index contributed by atoms with van der Waals surface area (Å²) in [6, 6.07) is 0.430. The number of hydrogen-bond acceptors (Lipinski definition) is 7. The van der Waals surface area contributed by atoms with E-state index in [1.54, 1.807) is 0 Å². The molecule has 2 heterocycles. The first kappa shape index (κ1) is 34.0. The van der Waals surface area contributed by atoms with E-state index < -0.39 is 0 Å². The maximum absolute atomic E-state index is 12.0. The van der Waals surface area contributed by atoms with Crippen LogP contribution in [-0.2, 0) is 19.1 Å². The van der Waals surface area contributed by atoms with Crippen molar-refractivity contribution < 1.29 is 23.9 Å². The van der Waals surface area contributed by atoms with Crippen LogP contribution in [0.3, 0.4) is 0 Å². The Morgan fingerprint density at radius 3 is 1.90 bits per heavy atom. The largest absolute Gasteiger partial charge is 0.377 e. The number of rotatable bonds is 25. The van der Waals surface area contributed by atoms with Crippen molar-refractivity contribution in [3.63, 3.8) is 0 Å². The predicted octanol–water partition coefficient (Wildman–Crippen LogP) is 3.81. The van der Waals surface area contributed by atoms with Gasteiger partial charge in [0, 0.05) is 36.9 Å². The molecule has 0 unspecified atom stereocenters. The molecule has 4 amide bonds. The first-order chi connectivity index (χ1) is 19.1. The SMILES string of the molecule is O=C(CCCCCCCCCCCS)NCCOCCOCCNC(=O)CCCC[C@@H]1SC[C@@H]2NC(=O)N[C@@H]21. The summed E-state index contributed by atoms with van der Waals surface area (Å²) in [5, 5.41) is 12.2. The van der Waals surface area contributed by atoms with E-state index in [1.807, 2.05) is 11.8 Å². The van der Waals surface area contributed by atoms with Gasteiger partial charge in [0.2, 0.25) is 11.8 Å². The lowest BCUT2D eigenvalue weighted by molar-refractivity contribution is -0.122. The number of ether oxygens (including phenoxy) is 2. The van der Waals surface area contributed by atoms with E-state index in [1.165, 1.54) is 44.9 Å². The molecule has 226 valence electrons.